The highest BCUT2D eigenvalue weighted by Crippen LogP contribution is 2.52. The quantitative estimate of drug-likeness (QED) is 0.128. The van der Waals surface area contributed by atoms with Crippen molar-refractivity contribution < 1.29 is 28.3 Å². The van der Waals surface area contributed by atoms with Gasteiger partial charge in [0, 0.05) is 72.0 Å². The van der Waals surface area contributed by atoms with Gasteiger partial charge in [-0.3, -0.25) is 19.2 Å². The molecule has 0 atom stereocenters. The highest BCUT2D eigenvalue weighted by atomic mass is 16.2. The molecule has 16 rings (SSSR count). The minimum Gasteiger partial charge on any atom is -0.326 e. The van der Waals surface area contributed by atoms with Crippen LogP contribution in [0.2, 0.25) is 0 Å². The Morgan fingerprint density at radius 3 is 0.849 bits per heavy atom. The molecule has 93 heavy (non-hydrogen) atoms. The number of rotatable bonds is 4. The Morgan fingerprint density at radius 1 is 0.333 bits per heavy atom. The van der Waals surface area contributed by atoms with Crippen molar-refractivity contribution in [3.8, 4) is 0 Å². The molecule has 0 bridgehead atoms. The second-order valence-electron chi connectivity index (χ2n) is 25.0. The molecule has 0 saturated carbocycles. The molecule has 2 aromatic heterocycles. The maximum Gasteiger partial charge on any atom is 0.404 e. The van der Waals surface area contributed by atoms with Crippen molar-refractivity contribution in [2.75, 3.05) is 21.3 Å². The molecule has 0 saturated heterocycles. The van der Waals surface area contributed by atoms with Crippen molar-refractivity contribution in [2.24, 2.45) is 20.0 Å². The number of fused-ring (bicyclic) bond motifs is 12. The first-order valence-corrected chi connectivity index (χ1v) is 31.2. The van der Waals surface area contributed by atoms with Gasteiger partial charge < -0.3 is 21.3 Å². The van der Waals surface area contributed by atoms with Crippen LogP contribution in [0.25, 0.3) is 21.5 Å². The van der Waals surface area contributed by atoms with E-state index in [4.69, 9.17) is 20.0 Å². The molecule has 0 aliphatic carbocycles. The van der Waals surface area contributed by atoms with Crippen LogP contribution >= 0.6 is 0 Å². The lowest BCUT2D eigenvalue weighted by Crippen LogP contribution is -2.71. The average Bonchev–Trinajstić information content (AvgIpc) is 1.48. The standard InChI is InChI=1S/C33H16N8.4C11H15NO/c1-2-10-18-17(9-1)25-34-27-19-11-3-4-12-20(19)29-36-31-23-15-7-8-16-24(23)32-37-30-22-14-6-5-13-21(22)28-35-26(18)38(25)33(39(27)29,40(28)30)41(31)32;4*1-7-5-8(2)11(9(3)6-7)12-10(4)13/h1-16H;4*5-6H,1-4H3,(H,12,13)/q+2;;;;. The number of aliphatic imine (C=N–C) groups is 2. The first-order valence-electron chi connectivity index (χ1n) is 31.2. The fourth-order valence-corrected chi connectivity index (χ4v) is 14.1. The van der Waals surface area contributed by atoms with Crippen LogP contribution in [0.4, 0.5) is 34.4 Å². The molecule has 0 fully saturated rings. The number of nitrogens with zero attached hydrogens (tertiary/aromatic N) is 8. The molecule has 466 valence electrons. The number of hydrogen-bond acceptors (Lipinski definition) is 8. The number of anilines is 4. The average molecular weight is 1230 g/mol. The largest absolute Gasteiger partial charge is 0.404 e. The van der Waals surface area contributed by atoms with Gasteiger partial charge in [0.1, 0.15) is 0 Å². The Hall–Kier alpha value is -11.0. The van der Waals surface area contributed by atoms with Crippen LogP contribution in [0.3, 0.4) is 0 Å². The van der Waals surface area contributed by atoms with Crippen LogP contribution in [0, 0.1) is 83.1 Å². The van der Waals surface area contributed by atoms with E-state index >= 15 is 0 Å². The molecule has 6 aliphatic heterocycles. The summed E-state index contributed by atoms with van der Waals surface area (Å²) in [7, 11) is 0. The van der Waals surface area contributed by atoms with E-state index in [1.54, 1.807) is 0 Å². The summed E-state index contributed by atoms with van der Waals surface area (Å²) in [6, 6.07) is 50.5. The van der Waals surface area contributed by atoms with E-state index in [9.17, 15) is 19.2 Å². The van der Waals surface area contributed by atoms with Crippen molar-refractivity contribution in [1.82, 2.24) is 9.13 Å². The fourth-order valence-electron chi connectivity index (χ4n) is 14.1. The Labute approximate surface area is 541 Å². The molecule has 6 aliphatic rings. The number of amides is 4. The van der Waals surface area contributed by atoms with Crippen molar-refractivity contribution in [2.45, 2.75) is 117 Å². The molecule has 4 N–H and O–H groups in total. The molecule has 8 heterocycles. The molecule has 4 amide bonds. The zero-order valence-electron chi connectivity index (χ0n) is 55.6. The number of carbonyl (C=O) groups is 4. The number of benzene rings is 8. The summed E-state index contributed by atoms with van der Waals surface area (Å²) in [6.45, 7) is 30.4. The first-order chi connectivity index (χ1) is 44.4. The SMILES string of the molecule is CC(=O)Nc1c(C)cc(C)cc1C.CC(=O)Nc1c(C)cc(C)cc1C.CC(=O)Nc1c(C)cc(C)cc1C.CC(=O)Nc1c(C)cc(C)cc1C.c1ccc2c(c1)C1=Nc3c4ccccc4c4n3C35n6c(c7ccccc7c6=NC6=[N+]3C(=N4)c3ccccc36)=NC2=[N+]15. The Morgan fingerprint density at radius 2 is 0.581 bits per heavy atom. The maximum absolute atomic E-state index is 10.9. The van der Waals surface area contributed by atoms with Gasteiger partial charge in [0.25, 0.3) is 23.3 Å². The Balaban J connectivity index is 0.000000132. The zero-order valence-corrected chi connectivity index (χ0v) is 55.6. The molecule has 1 spiro atoms. The van der Waals surface area contributed by atoms with Crippen LogP contribution in [-0.4, -0.2) is 65.3 Å². The van der Waals surface area contributed by atoms with Gasteiger partial charge in [-0.2, -0.15) is 9.13 Å². The molecule has 16 nitrogen and oxygen atoms in total. The summed E-state index contributed by atoms with van der Waals surface area (Å²) in [5, 5.41) is 15.7. The minimum absolute atomic E-state index is 0.0185. The van der Waals surface area contributed by atoms with Crippen LogP contribution in [-0.2, 0) is 25.1 Å². The number of nitrogens with one attached hydrogen (secondary N) is 4. The number of aryl methyl sites for hydroxylation is 12. The second kappa shape index (κ2) is 24.0. The number of amidine groups is 4. The molecule has 0 radical (unpaired) electrons. The first kappa shape index (κ1) is 62.2. The van der Waals surface area contributed by atoms with Gasteiger partial charge in [0.15, 0.2) is 0 Å². The lowest BCUT2D eigenvalue weighted by Gasteiger charge is -2.40. The van der Waals surface area contributed by atoms with E-state index < -0.39 is 5.91 Å². The van der Waals surface area contributed by atoms with Crippen molar-refractivity contribution in [3.05, 3.63) is 246 Å². The van der Waals surface area contributed by atoms with E-state index in [0.717, 1.165) is 157 Å². The van der Waals surface area contributed by atoms with E-state index in [2.05, 4.69) is 213 Å². The summed E-state index contributed by atoms with van der Waals surface area (Å²) in [5.74, 6) is 4.39. The third kappa shape index (κ3) is 10.7. The fraction of sp³-hybridized carbons (Fsp3) is 0.221. The lowest BCUT2D eigenvalue weighted by molar-refractivity contribution is -0.790. The Kier molecular flexibility index (Phi) is 16.0. The highest BCUT2D eigenvalue weighted by Gasteiger charge is 2.69. The van der Waals surface area contributed by atoms with E-state index in [0.29, 0.717) is 0 Å². The van der Waals surface area contributed by atoms with Crippen molar-refractivity contribution in [1.29, 1.82) is 0 Å². The topological polar surface area (TPSA) is 182 Å². The predicted octanol–water partition coefficient (Wildman–Crippen LogP) is 14.0. The number of aromatic nitrogens is 2. The van der Waals surface area contributed by atoms with Gasteiger partial charge in [-0.25, -0.2) is 0 Å². The monoisotopic (exact) mass is 1230 g/mol. The summed E-state index contributed by atoms with van der Waals surface area (Å²) in [6.07, 6.45) is 0. The molecular formula is C77H76N12O4+2. The molecule has 8 aromatic carbocycles. The number of hydrogen-bond donors (Lipinski definition) is 4. The molecule has 0 unspecified atom stereocenters. The summed E-state index contributed by atoms with van der Waals surface area (Å²) >= 11 is 0. The van der Waals surface area contributed by atoms with Gasteiger partial charge >= 0.3 is 5.91 Å². The van der Waals surface area contributed by atoms with Gasteiger partial charge in [-0.15, -0.1) is 9.15 Å². The molecule has 10 aromatic rings. The van der Waals surface area contributed by atoms with Crippen LogP contribution in [0.15, 0.2) is 166 Å². The normalized spacial score (nSPS) is 13.6. The third-order valence-electron chi connectivity index (χ3n) is 17.3. The highest BCUT2D eigenvalue weighted by molar-refractivity contribution is 6.20. The van der Waals surface area contributed by atoms with Crippen LogP contribution in [0.5, 0.6) is 0 Å². The van der Waals surface area contributed by atoms with E-state index in [1.807, 2.05) is 55.4 Å². The van der Waals surface area contributed by atoms with Gasteiger partial charge in [0.2, 0.25) is 46.2 Å². The van der Waals surface area contributed by atoms with Gasteiger partial charge in [-0.05, 0) is 176 Å². The van der Waals surface area contributed by atoms with Crippen LogP contribution in [0.1, 0.15) is 117 Å². The van der Waals surface area contributed by atoms with Crippen LogP contribution < -0.4 is 32.2 Å². The zero-order chi connectivity index (χ0) is 66.2. The second-order valence-corrected chi connectivity index (χ2v) is 25.0. The lowest BCUT2D eigenvalue weighted by atomic mass is 10.1. The summed E-state index contributed by atoms with van der Waals surface area (Å²) in [5.41, 5.74) is 23.7. The van der Waals surface area contributed by atoms with Gasteiger partial charge in [0.05, 0.1) is 22.3 Å². The van der Waals surface area contributed by atoms with E-state index in [1.165, 1.54) is 49.9 Å². The Bertz CT molecular complexity index is 4660. The third-order valence-corrected chi connectivity index (χ3v) is 17.3. The minimum atomic E-state index is -0.923. The predicted molar refractivity (Wildman–Crippen MR) is 373 cm³/mol. The molecule has 16 heteroatoms. The number of carbonyl (C=O) groups excluding carboxylic acids is 4. The van der Waals surface area contributed by atoms with Crippen molar-refractivity contribution >= 4 is 103 Å². The summed E-state index contributed by atoms with van der Waals surface area (Å²) in [4.78, 5) is 65.2. The van der Waals surface area contributed by atoms with E-state index in [-0.39, 0.29) is 23.6 Å². The van der Waals surface area contributed by atoms with Gasteiger partial charge in [-0.1, -0.05) is 139 Å². The van der Waals surface area contributed by atoms with Crippen molar-refractivity contribution in [3.63, 3.8) is 0 Å². The summed E-state index contributed by atoms with van der Waals surface area (Å²) < 4.78 is 9.32. The maximum atomic E-state index is 10.9. The smallest absolute Gasteiger partial charge is 0.326 e. The molecular weight excluding hydrogens is 1160 g/mol.